The van der Waals surface area contributed by atoms with Crippen molar-refractivity contribution in [1.29, 1.82) is 0 Å². The van der Waals surface area contributed by atoms with Crippen molar-refractivity contribution >= 4 is 23.9 Å². The van der Waals surface area contributed by atoms with Gasteiger partial charge >= 0.3 is 0 Å². The van der Waals surface area contributed by atoms with Gasteiger partial charge in [0.15, 0.2) is 11.6 Å². The van der Waals surface area contributed by atoms with Gasteiger partial charge < -0.3 is 9.84 Å². The molecule has 3 heterocycles. The van der Waals surface area contributed by atoms with E-state index in [4.69, 9.17) is 4.52 Å². The van der Waals surface area contributed by atoms with Gasteiger partial charge in [-0.25, -0.2) is 4.98 Å². The lowest BCUT2D eigenvalue weighted by molar-refractivity contribution is 0.425. The smallest absolute Gasteiger partial charge is 0.261 e. The summed E-state index contributed by atoms with van der Waals surface area (Å²) in [6.45, 7) is 3.72. The topological polar surface area (TPSA) is 88.2 Å². The Morgan fingerprint density at radius 1 is 1.33 bits per heavy atom. The molecule has 0 atom stereocenters. The van der Waals surface area contributed by atoms with Gasteiger partial charge in [-0.15, -0.1) is 12.4 Å². The van der Waals surface area contributed by atoms with Crippen molar-refractivity contribution in [1.82, 2.24) is 20.4 Å². The highest BCUT2D eigenvalue weighted by atomic mass is 35.5. The van der Waals surface area contributed by atoms with Crippen LogP contribution in [0.1, 0.15) is 18.7 Å². The van der Waals surface area contributed by atoms with Gasteiger partial charge in [-0.3, -0.25) is 5.43 Å². The van der Waals surface area contributed by atoms with Crippen LogP contribution >= 0.6 is 12.4 Å². The largest absolute Gasteiger partial charge is 0.334 e. The molecule has 21 heavy (non-hydrogen) atoms. The lowest BCUT2D eigenvalue weighted by Crippen LogP contribution is -2.28. The van der Waals surface area contributed by atoms with E-state index in [-0.39, 0.29) is 12.4 Å². The molecule has 0 spiro atoms. The fourth-order valence-electron chi connectivity index (χ4n) is 2.03. The molecule has 8 heteroatoms. The summed E-state index contributed by atoms with van der Waals surface area (Å²) in [5, 5.41) is 11.5. The van der Waals surface area contributed by atoms with E-state index in [1.165, 1.54) is 0 Å². The van der Waals surface area contributed by atoms with Crippen molar-refractivity contribution in [2.75, 3.05) is 18.5 Å². The number of pyridine rings is 1. The third-order valence-corrected chi connectivity index (χ3v) is 3.07. The minimum Gasteiger partial charge on any atom is -0.334 e. The van der Waals surface area contributed by atoms with Crippen molar-refractivity contribution in [3.63, 3.8) is 0 Å². The van der Waals surface area contributed by atoms with E-state index in [2.05, 4.69) is 31.0 Å². The molecule has 0 radical (unpaired) electrons. The Balaban J connectivity index is 0.00000161. The number of halogens is 1. The van der Waals surface area contributed by atoms with Crippen LogP contribution in [0.25, 0.3) is 11.5 Å². The summed E-state index contributed by atoms with van der Waals surface area (Å²) in [5.74, 6) is 1.67. The minimum absolute atomic E-state index is 0. The van der Waals surface area contributed by atoms with Gasteiger partial charge in [0.1, 0.15) is 0 Å². The molecule has 0 aliphatic carbocycles. The molecule has 0 saturated carbocycles. The normalized spacial score (nSPS) is 14.4. The van der Waals surface area contributed by atoms with Crippen LogP contribution in [-0.4, -0.2) is 33.9 Å². The van der Waals surface area contributed by atoms with Crippen LogP contribution in [-0.2, 0) is 0 Å². The molecule has 1 aliphatic heterocycles. The van der Waals surface area contributed by atoms with Crippen molar-refractivity contribution in [3.8, 4) is 11.5 Å². The molecule has 1 aliphatic rings. The van der Waals surface area contributed by atoms with E-state index in [9.17, 15) is 0 Å². The highest BCUT2D eigenvalue weighted by molar-refractivity contribution is 5.86. The second kappa shape index (κ2) is 7.14. The molecule has 0 amide bonds. The summed E-state index contributed by atoms with van der Waals surface area (Å²) in [6.07, 6.45) is 3.61. The van der Waals surface area contributed by atoms with Crippen LogP contribution in [0, 0.1) is 6.92 Å². The van der Waals surface area contributed by atoms with E-state index in [0.29, 0.717) is 17.5 Å². The standard InChI is InChI=1S/C13H16N6O.ClH/c1-9-16-13(20-19-9)11-3-2-6-15-12(11)18-17-10-4-7-14-8-5-10;/h2-3,6,14H,4-5,7-8H2,1H3,(H,15,18);1H. The maximum Gasteiger partial charge on any atom is 0.261 e. The molecule has 0 aromatic carbocycles. The van der Waals surface area contributed by atoms with Gasteiger partial charge in [-0.05, 0) is 19.1 Å². The van der Waals surface area contributed by atoms with E-state index in [1.54, 1.807) is 13.1 Å². The summed E-state index contributed by atoms with van der Waals surface area (Å²) in [6, 6.07) is 3.71. The molecule has 1 fully saturated rings. The quantitative estimate of drug-likeness (QED) is 0.843. The zero-order valence-corrected chi connectivity index (χ0v) is 12.5. The summed E-state index contributed by atoms with van der Waals surface area (Å²) >= 11 is 0. The zero-order valence-electron chi connectivity index (χ0n) is 11.7. The van der Waals surface area contributed by atoms with Gasteiger partial charge in [0.05, 0.1) is 5.56 Å². The van der Waals surface area contributed by atoms with Gasteiger partial charge in [0.25, 0.3) is 5.89 Å². The molecule has 0 bridgehead atoms. The fourth-order valence-corrected chi connectivity index (χ4v) is 2.03. The first-order chi connectivity index (χ1) is 9.83. The summed E-state index contributed by atoms with van der Waals surface area (Å²) in [4.78, 5) is 8.51. The molecule has 7 nitrogen and oxygen atoms in total. The maximum absolute atomic E-state index is 5.18. The second-order valence-corrected chi connectivity index (χ2v) is 4.59. The van der Waals surface area contributed by atoms with Gasteiger partial charge in [0, 0.05) is 37.8 Å². The highest BCUT2D eigenvalue weighted by Gasteiger charge is 2.12. The fraction of sp³-hybridized carbons (Fsp3) is 0.385. The molecule has 2 aromatic rings. The number of rotatable bonds is 3. The number of hydrazone groups is 1. The summed E-state index contributed by atoms with van der Waals surface area (Å²) < 4.78 is 5.18. The number of aryl methyl sites for hydroxylation is 1. The van der Waals surface area contributed by atoms with Crippen LogP contribution in [0.2, 0.25) is 0 Å². The number of nitrogens with zero attached hydrogens (tertiary/aromatic N) is 4. The van der Waals surface area contributed by atoms with Crippen molar-refractivity contribution < 1.29 is 4.52 Å². The van der Waals surface area contributed by atoms with Crippen LogP contribution in [0.4, 0.5) is 5.82 Å². The summed E-state index contributed by atoms with van der Waals surface area (Å²) in [5.41, 5.74) is 4.91. The molecule has 0 unspecified atom stereocenters. The number of nitrogens with one attached hydrogen (secondary N) is 2. The predicted octanol–water partition coefficient (Wildman–Crippen LogP) is 2.01. The first-order valence-electron chi connectivity index (χ1n) is 6.61. The van der Waals surface area contributed by atoms with Crippen LogP contribution in [0.5, 0.6) is 0 Å². The molecule has 1 saturated heterocycles. The van der Waals surface area contributed by atoms with Crippen molar-refractivity contribution in [2.45, 2.75) is 19.8 Å². The first-order valence-corrected chi connectivity index (χ1v) is 6.61. The third kappa shape index (κ3) is 3.77. The average Bonchev–Trinajstić information content (AvgIpc) is 2.93. The molecule has 3 rings (SSSR count). The lowest BCUT2D eigenvalue weighted by atomic mass is 10.1. The van der Waals surface area contributed by atoms with Crippen LogP contribution < -0.4 is 10.7 Å². The van der Waals surface area contributed by atoms with E-state index in [0.717, 1.165) is 37.2 Å². The zero-order chi connectivity index (χ0) is 13.8. The lowest BCUT2D eigenvalue weighted by Gasteiger charge is -2.14. The Bertz CT molecular complexity index is 619. The molecular weight excluding hydrogens is 292 g/mol. The van der Waals surface area contributed by atoms with Crippen LogP contribution in [0.3, 0.4) is 0 Å². The second-order valence-electron chi connectivity index (χ2n) is 4.59. The first kappa shape index (κ1) is 15.4. The number of hydrogen-bond acceptors (Lipinski definition) is 7. The highest BCUT2D eigenvalue weighted by Crippen LogP contribution is 2.24. The van der Waals surface area contributed by atoms with E-state index < -0.39 is 0 Å². The van der Waals surface area contributed by atoms with E-state index in [1.807, 2.05) is 12.1 Å². The number of aromatic nitrogens is 3. The van der Waals surface area contributed by atoms with Gasteiger partial charge in [0.2, 0.25) is 0 Å². The van der Waals surface area contributed by atoms with Crippen LogP contribution in [0.15, 0.2) is 28.0 Å². The predicted molar refractivity (Wildman–Crippen MR) is 82.7 cm³/mol. The number of hydrogen-bond donors (Lipinski definition) is 2. The maximum atomic E-state index is 5.18. The average molecular weight is 309 g/mol. The Morgan fingerprint density at radius 2 is 2.14 bits per heavy atom. The monoisotopic (exact) mass is 308 g/mol. The van der Waals surface area contributed by atoms with Crippen molar-refractivity contribution in [2.24, 2.45) is 5.10 Å². The molecule has 2 aromatic heterocycles. The molecular formula is C13H17ClN6O. The Morgan fingerprint density at radius 3 is 2.86 bits per heavy atom. The van der Waals surface area contributed by atoms with Gasteiger partial charge in [-0.1, -0.05) is 5.16 Å². The van der Waals surface area contributed by atoms with Crippen molar-refractivity contribution in [3.05, 3.63) is 24.2 Å². The minimum atomic E-state index is 0. The molecule has 2 N–H and O–H groups in total. The Labute approximate surface area is 128 Å². The number of anilines is 1. The Kier molecular flexibility index (Phi) is 5.24. The van der Waals surface area contributed by atoms with E-state index >= 15 is 0 Å². The Hall–Kier alpha value is -1.99. The molecule has 112 valence electrons. The summed E-state index contributed by atoms with van der Waals surface area (Å²) in [7, 11) is 0. The number of piperidine rings is 1. The van der Waals surface area contributed by atoms with Gasteiger partial charge in [-0.2, -0.15) is 10.1 Å². The SMILES string of the molecule is Cc1noc(-c2cccnc2NN=C2CCNCC2)n1.Cl. The third-order valence-electron chi connectivity index (χ3n) is 3.07.